The summed E-state index contributed by atoms with van der Waals surface area (Å²) in [4.78, 5) is 21.0. The number of benzene rings is 1. The van der Waals surface area contributed by atoms with Gasteiger partial charge in [-0.3, -0.25) is 14.7 Å². The summed E-state index contributed by atoms with van der Waals surface area (Å²) in [5.74, 6) is -0.429. The van der Waals surface area contributed by atoms with E-state index in [1.54, 1.807) is 29.2 Å². The number of nitrogens with zero attached hydrogens (tertiary/aromatic N) is 3. The molecule has 1 aromatic heterocycles. The van der Waals surface area contributed by atoms with Gasteiger partial charge in [-0.25, -0.2) is 4.39 Å². The van der Waals surface area contributed by atoms with Crippen LogP contribution in [0.15, 0.2) is 48.5 Å². The van der Waals surface area contributed by atoms with Gasteiger partial charge >= 0.3 is 0 Å². The quantitative estimate of drug-likeness (QED) is 0.857. The smallest absolute Gasteiger partial charge is 0.261 e. The minimum Gasteiger partial charge on any atom is -0.339 e. The summed E-state index contributed by atoms with van der Waals surface area (Å²) in [5, 5.41) is 0. The Morgan fingerprint density at radius 2 is 1.88 bits per heavy atom. The fraction of sp³-hybridized carbons (Fsp3) is 0.400. The standard InChI is InChI=1S/C20H24FN3O/c1-16-7-5-10-18(22-16)15-23-11-6-12-24(14-13-23)20(25)19(21)17-8-3-2-4-9-17/h2-5,7-10,19H,6,11-15H2,1H3. The molecular weight excluding hydrogens is 317 g/mol. The molecular formula is C20H24FN3O. The molecule has 4 nitrogen and oxygen atoms in total. The normalized spacial score (nSPS) is 17.1. The Kier molecular flexibility index (Phi) is 5.76. The Balaban J connectivity index is 1.58. The van der Waals surface area contributed by atoms with Gasteiger partial charge in [0, 0.05) is 38.4 Å². The third-order valence-electron chi connectivity index (χ3n) is 4.54. The van der Waals surface area contributed by atoms with Crippen molar-refractivity contribution in [1.82, 2.24) is 14.8 Å². The molecule has 2 aromatic rings. The number of hydrogen-bond donors (Lipinski definition) is 0. The molecule has 1 aliphatic heterocycles. The topological polar surface area (TPSA) is 36.4 Å². The van der Waals surface area contributed by atoms with E-state index in [1.807, 2.05) is 31.2 Å². The fourth-order valence-corrected chi connectivity index (χ4v) is 3.19. The molecule has 5 heteroatoms. The van der Waals surface area contributed by atoms with Gasteiger partial charge in [-0.2, -0.15) is 0 Å². The first-order chi connectivity index (χ1) is 12.1. The van der Waals surface area contributed by atoms with Gasteiger partial charge in [0.05, 0.1) is 5.69 Å². The van der Waals surface area contributed by atoms with Crippen molar-refractivity contribution < 1.29 is 9.18 Å². The molecule has 1 atom stereocenters. The summed E-state index contributed by atoms with van der Waals surface area (Å²) in [6.07, 6.45) is -0.731. The van der Waals surface area contributed by atoms with Crippen LogP contribution in [0.3, 0.4) is 0 Å². The summed E-state index contributed by atoms with van der Waals surface area (Å²) in [5.41, 5.74) is 2.47. The number of aryl methyl sites for hydroxylation is 1. The molecule has 0 spiro atoms. The minimum absolute atomic E-state index is 0.428. The van der Waals surface area contributed by atoms with E-state index in [0.717, 1.165) is 37.4 Å². The first-order valence-corrected chi connectivity index (χ1v) is 8.76. The monoisotopic (exact) mass is 341 g/mol. The Hall–Kier alpha value is -2.27. The Morgan fingerprint density at radius 3 is 2.64 bits per heavy atom. The van der Waals surface area contributed by atoms with Crippen molar-refractivity contribution >= 4 is 5.91 Å². The summed E-state index contributed by atoms with van der Waals surface area (Å²) < 4.78 is 14.5. The molecule has 0 bridgehead atoms. The average Bonchev–Trinajstić information content (AvgIpc) is 2.87. The van der Waals surface area contributed by atoms with Crippen LogP contribution < -0.4 is 0 Å². The first-order valence-electron chi connectivity index (χ1n) is 8.76. The zero-order valence-electron chi connectivity index (χ0n) is 14.6. The number of alkyl halides is 1. The molecule has 132 valence electrons. The maximum absolute atomic E-state index is 14.5. The molecule has 1 aromatic carbocycles. The Bertz CT molecular complexity index is 707. The van der Waals surface area contributed by atoms with Gasteiger partial charge in [-0.1, -0.05) is 36.4 Å². The van der Waals surface area contributed by atoms with Crippen molar-refractivity contribution in [3.8, 4) is 0 Å². The van der Waals surface area contributed by atoms with Crippen LogP contribution in [0.4, 0.5) is 4.39 Å². The van der Waals surface area contributed by atoms with E-state index in [1.165, 1.54) is 0 Å². The van der Waals surface area contributed by atoms with Gasteiger partial charge in [0.2, 0.25) is 6.17 Å². The van der Waals surface area contributed by atoms with Crippen LogP contribution in [0.1, 0.15) is 29.5 Å². The van der Waals surface area contributed by atoms with E-state index >= 15 is 0 Å². The number of halogens is 1. The van der Waals surface area contributed by atoms with Crippen LogP contribution in [0, 0.1) is 6.92 Å². The van der Waals surface area contributed by atoms with Crippen LogP contribution in [-0.2, 0) is 11.3 Å². The van der Waals surface area contributed by atoms with Crippen molar-refractivity contribution in [1.29, 1.82) is 0 Å². The number of hydrogen-bond acceptors (Lipinski definition) is 3. The van der Waals surface area contributed by atoms with Crippen molar-refractivity contribution in [2.75, 3.05) is 26.2 Å². The second kappa shape index (κ2) is 8.21. The summed E-state index contributed by atoms with van der Waals surface area (Å²) in [6.45, 7) is 5.53. The first kappa shape index (κ1) is 17.5. The molecule has 2 heterocycles. The third kappa shape index (κ3) is 4.63. The van der Waals surface area contributed by atoms with Crippen LogP contribution in [0.25, 0.3) is 0 Å². The minimum atomic E-state index is -1.58. The van der Waals surface area contributed by atoms with Crippen LogP contribution >= 0.6 is 0 Å². The van der Waals surface area contributed by atoms with E-state index < -0.39 is 12.1 Å². The highest BCUT2D eigenvalue weighted by molar-refractivity contribution is 5.82. The largest absolute Gasteiger partial charge is 0.339 e. The van der Waals surface area contributed by atoms with Crippen LogP contribution in [0.5, 0.6) is 0 Å². The SMILES string of the molecule is Cc1cccc(CN2CCCN(C(=O)C(F)c3ccccc3)CC2)n1. The average molecular weight is 341 g/mol. The number of amides is 1. The molecule has 0 saturated carbocycles. The van der Waals surface area contributed by atoms with E-state index in [9.17, 15) is 9.18 Å². The van der Waals surface area contributed by atoms with Gasteiger partial charge in [0.1, 0.15) is 0 Å². The zero-order valence-corrected chi connectivity index (χ0v) is 14.6. The molecule has 25 heavy (non-hydrogen) atoms. The fourth-order valence-electron chi connectivity index (χ4n) is 3.19. The second-order valence-corrected chi connectivity index (χ2v) is 6.50. The summed E-state index contributed by atoms with van der Waals surface area (Å²) >= 11 is 0. The molecule has 1 saturated heterocycles. The summed E-state index contributed by atoms with van der Waals surface area (Å²) in [7, 11) is 0. The lowest BCUT2D eigenvalue weighted by Crippen LogP contribution is -2.37. The van der Waals surface area contributed by atoms with E-state index in [-0.39, 0.29) is 0 Å². The van der Waals surface area contributed by atoms with Gasteiger partial charge < -0.3 is 4.90 Å². The molecule has 1 aliphatic rings. The molecule has 1 fully saturated rings. The van der Waals surface area contributed by atoms with E-state index in [2.05, 4.69) is 9.88 Å². The van der Waals surface area contributed by atoms with Crippen LogP contribution in [-0.4, -0.2) is 46.9 Å². The Labute approximate surface area is 148 Å². The molecule has 3 rings (SSSR count). The van der Waals surface area contributed by atoms with E-state index in [0.29, 0.717) is 18.7 Å². The molecule has 1 unspecified atom stereocenters. The lowest BCUT2D eigenvalue weighted by Gasteiger charge is -2.23. The van der Waals surface area contributed by atoms with Crippen LogP contribution in [0.2, 0.25) is 0 Å². The van der Waals surface area contributed by atoms with Gasteiger partial charge in [0.25, 0.3) is 5.91 Å². The van der Waals surface area contributed by atoms with Gasteiger partial charge in [0.15, 0.2) is 0 Å². The highest BCUT2D eigenvalue weighted by Crippen LogP contribution is 2.21. The van der Waals surface area contributed by atoms with Gasteiger partial charge in [-0.15, -0.1) is 0 Å². The third-order valence-corrected chi connectivity index (χ3v) is 4.54. The maximum atomic E-state index is 14.5. The number of rotatable bonds is 4. The highest BCUT2D eigenvalue weighted by atomic mass is 19.1. The lowest BCUT2D eigenvalue weighted by atomic mass is 10.1. The highest BCUT2D eigenvalue weighted by Gasteiger charge is 2.27. The van der Waals surface area contributed by atoms with Gasteiger partial charge in [-0.05, 0) is 31.0 Å². The summed E-state index contributed by atoms with van der Waals surface area (Å²) in [6, 6.07) is 14.7. The molecule has 1 amide bonds. The van der Waals surface area contributed by atoms with E-state index in [4.69, 9.17) is 0 Å². The van der Waals surface area contributed by atoms with Crippen molar-refractivity contribution in [2.45, 2.75) is 26.1 Å². The lowest BCUT2D eigenvalue weighted by molar-refractivity contribution is -0.136. The van der Waals surface area contributed by atoms with Crippen molar-refractivity contribution in [3.63, 3.8) is 0 Å². The second-order valence-electron chi connectivity index (χ2n) is 6.50. The maximum Gasteiger partial charge on any atom is 0.261 e. The predicted octanol–water partition coefficient (Wildman–Crippen LogP) is 3.14. The molecule has 0 N–H and O–H groups in total. The van der Waals surface area contributed by atoms with Crippen molar-refractivity contribution in [2.24, 2.45) is 0 Å². The predicted molar refractivity (Wildman–Crippen MR) is 95.7 cm³/mol. The number of carbonyl (C=O) groups excluding carboxylic acids is 1. The molecule has 0 radical (unpaired) electrons. The number of carbonyl (C=O) groups is 1. The number of aromatic nitrogens is 1. The van der Waals surface area contributed by atoms with Crippen molar-refractivity contribution in [3.05, 3.63) is 65.5 Å². The zero-order chi connectivity index (χ0) is 17.6. The number of pyridine rings is 1. The Morgan fingerprint density at radius 1 is 1.08 bits per heavy atom. The molecule has 0 aliphatic carbocycles.